The van der Waals surface area contributed by atoms with Gasteiger partial charge in [0.15, 0.2) is 0 Å². The van der Waals surface area contributed by atoms with E-state index in [2.05, 4.69) is 59.8 Å². The molecule has 0 atom stereocenters. The minimum absolute atomic E-state index is 0.487. The molecule has 4 rings (SSSR count). The van der Waals surface area contributed by atoms with E-state index in [0.717, 1.165) is 29.0 Å². The predicted octanol–water partition coefficient (Wildman–Crippen LogP) is 5.42. The number of nitrogens with zero attached hydrogens (tertiary/aromatic N) is 3. The zero-order valence-corrected chi connectivity index (χ0v) is 15.0. The molecular formula is C21H18ClN3. The Morgan fingerprint density at radius 3 is 2.44 bits per heavy atom. The van der Waals surface area contributed by atoms with Crippen molar-refractivity contribution in [1.82, 2.24) is 14.5 Å². The monoisotopic (exact) mass is 347 g/mol. The molecule has 4 aromatic rings. The number of hydrogen-bond acceptors (Lipinski definition) is 2. The average molecular weight is 348 g/mol. The summed E-state index contributed by atoms with van der Waals surface area (Å²) >= 11 is 5.95. The van der Waals surface area contributed by atoms with Crippen LogP contribution >= 0.6 is 11.6 Å². The first kappa shape index (κ1) is 15.9. The Morgan fingerprint density at radius 2 is 1.72 bits per heavy atom. The number of benzene rings is 2. The largest absolute Gasteiger partial charge is 0.319 e. The van der Waals surface area contributed by atoms with Gasteiger partial charge in [0.05, 0.1) is 11.0 Å². The van der Waals surface area contributed by atoms with Gasteiger partial charge >= 0.3 is 0 Å². The quantitative estimate of drug-likeness (QED) is 0.463. The number of fused-ring (bicyclic) bond motifs is 1. The standard InChI is InChI=1S/C21H18ClN3/c1-14-10-18-19(11-15(14)2)25(13-16-6-4-3-5-7-16)21(24-18)17-8-9-20(22)23-12-17/h3-12H,13H2,1-2H3. The number of hydrogen-bond donors (Lipinski definition) is 0. The number of pyridine rings is 1. The highest BCUT2D eigenvalue weighted by molar-refractivity contribution is 6.29. The van der Waals surface area contributed by atoms with Crippen molar-refractivity contribution in [1.29, 1.82) is 0 Å². The van der Waals surface area contributed by atoms with Crippen LogP contribution in [0.25, 0.3) is 22.4 Å². The molecular weight excluding hydrogens is 330 g/mol. The van der Waals surface area contributed by atoms with E-state index < -0.39 is 0 Å². The lowest BCUT2D eigenvalue weighted by Gasteiger charge is -2.10. The van der Waals surface area contributed by atoms with Crippen LogP contribution < -0.4 is 0 Å². The first-order valence-corrected chi connectivity index (χ1v) is 8.63. The molecule has 2 heterocycles. The molecule has 0 N–H and O–H groups in total. The Kier molecular flexibility index (Phi) is 4.02. The van der Waals surface area contributed by atoms with Gasteiger partial charge in [0.1, 0.15) is 11.0 Å². The van der Waals surface area contributed by atoms with Gasteiger partial charge in [0.2, 0.25) is 0 Å². The number of aromatic nitrogens is 3. The van der Waals surface area contributed by atoms with Crippen LogP contribution in [0.3, 0.4) is 0 Å². The van der Waals surface area contributed by atoms with Crippen molar-refractivity contribution in [3.63, 3.8) is 0 Å². The molecule has 0 unspecified atom stereocenters. The fourth-order valence-electron chi connectivity index (χ4n) is 3.03. The molecule has 0 spiro atoms. The predicted molar refractivity (Wildman–Crippen MR) is 103 cm³/mol. The molecule has 0 fully saturated rings. The summed E-state index contributed by atoms with van der Waals surface area (Å²) in [7, 11) is 0. The third-order valence-corrected chi connectivity index (χ3v) is 4.76. The van der Waals surface area contributed by atoms with Crippen LogP contribution in [0.5, 0.6) is 0 Å². The van der Waals surface area contributed by atoms with E-state index in [9.17, 15) is 0 Å². The lowest BCUT2D eigenvalue weighted by molar-refractivity contribution is 0.833. The van der Waals surface area contributed by atoms with E-state index >= 15 is 0 Å². The zero-order chi connectivity index (χ0) is 17.4. The Labute approximate surface area is 151 Å². The fraction of sp³-hybridized carbons (Fsp3) is 0.143. The molecule has 2 aromatic carbocycles. The Hall–Kier alpha value is -2.65. The molecule has 0 saturated carbocycles. The Morgan fingerprint density at radius 1 is 0.960 bits per heavy atom. The lowest BCUT2D eigenvalue weighted by atomic mass is 10.1. The van der Waals surface area contributed by atoms with Crippen molar-refractivity contribution in [3.8, 4) is 11.4 Å². The summed E-state index contributed by atoms with van der Waals surface area (Å²) in [5.41, 5.74) is 6.86. The molecule has 0 saturated heterocycles. The van der Waals surface area contributed by atoms with Crippen LogP contribution in [-0.4, -0.2) is 14.5 Å². The average Bonchev–Trinajstić information content (AvgIpc) is 2.94. The van der Waals surface area contributed by atoms with Gasteiger partial charge in [-0.25, -0.2) is 9.97 Å². The molecule has 0 bridgehead atoms. The molecule has 25 heavy (non-hydrogen) atoms. The molecule has 0 aliphatic heterocycles. The topological polar surface area (TPSA) is 30.7 Å². The van der Waals surface area contributed by atoms with Crippen LogP contribution in [0.2, 0.25) is 5.15 Å². The van der Waals surface area contributed by atoms with Crippen LogP contribution in [0.1, 0.15) is 16.7 Å². The van der Waals surface area contributed by atoms with Crippen molar-refractivity contribution in [2.75, 3.05) is 0 Å². The number of rotatable bonds is 3. The summed E-state index contributed by atoms with van der Waals surface area (Å²) in [5, 5.41) is 0.487. The zero-order valence-electron chi connectivity index (χ0n) is 14.2. The summed E-state index contributed by atoms with van der Waals surface area (Å²) in [6.45, 7) is 5.02. The second-order valence-corrected chi connectivity index (χ2v) is 6.69. The second-order valence-electron chi connectivity index (χ2n) is 6.30. The minimum Gasteiger partial charge on any atom is -0.319 e. The maximum absolute atomic E-state index is 5.95. The van der Waals surface area contributed by atoms with Gasteiger partial charge < -0.3 is 4.57 Å². The van der Waals surface area contributed by atoms with Gasteiger partial charge in [0.25, 0.3) is 0 Å². The molecule has 124 valence electrons. The summed E-state index contributed by atoms with van der Waals surface area (Å²) in [6.07, 6.45) is 1.78. The highest BCUT2D eigenvalue weighted by Gasteiger charge is 2.14. The van der Waals surface area contributed by atoms with E-state index in [-0.39, 0.29) is 0 Å². The van der Waals surface area contributed by atoms with Gasteiger partial charge in [-0.1, -0.05) is 41.9 Å². The van der Waals surface area contributed by atoms with E-state index in [1.54, 1.807) is 12.3 Å². The molecule has 0 aliphatic carbocycles. The van der Waals surface area contributed by atoms with Gasteiger partial charge in [-0.05, 0) is 54.8 Å². The highest BCUT2D eigenvalue weighted by atomic mass is 35.5. The number of aryl methyl sites for hydroxylation is 2. The van der Waals surface area contributed by atoms with Crippen molar-refractivity contribution >= 4 is 22.6 Å². The minimum atomic E-state index is 0.487. The SMILES string of the molecule is Cc1cc2nc(-c3ccc(Cl)nc3)n(Cc3ccccc3)c2cc1C. The molecule has 3 nitrogen and oxygen atoms in total. The third-order valence-electron chi connectivity index (χ3n) is 4.53. The van der Waals surface area contributed by atoms with Crippen molar-refractivity contribution in [3.05, 3.63) is 82.6 Å². The van der Waals surface area contributed by atoms with Gasteiger partial charge in [-0.3, -0.25) is 0 Å². The van der Waals surface area contributed by atoms with E-state index in [4.69, 9.17) is 16.6 Å². The lowest BCUT2D eigenvalue weighted by Crippen LogP contribution is -2.02. The maximum Gasteiger partial charge on any atom is 0.143 e. The van der Waals surface area contributed by atoms with E-state index in [1.807, 2.05) is 12.1 Å². The smallest absolute Gasteiger partial charge is 0.143 e. The summed E-state index contributed by atoms with van der Waals surface area (Å²) < 4.78 is 2.25. The maximum atomic E-state index is 5.95. The molecule has 2 aromatic heterocycles. The Balaban J connectivity index is 1.94. The molecule has 0 amide bonds. The van der Waals surface area contributed by atoms with Crippen LogP contribution in [-0.2, 0) is 6.54 Å². The van der Waals surface area contributed by atoms with Crippen LogP contribution in [0, 0.1) is 13.8 Å². The number of halogens is 1. The number of imidazole rings is 1. The Bertz CT molecular complexity index is 1030. The van der Waals surface area contributed by atoms with Crippen molar-refractivity contribution in [2.24, 2.45) is 0 Å². The summed E-state index contributed by atoms with van der Waals surface area (Å²) in [4.78, 5) is 9.11. The van der Waals surface area contributed by atoms with Crippen molar-refractivity contribution < 1.29 is 0 Å². The van der Waals surface area contributed by atoms with Gasteiger partial charge in [-0.2, -0.15) is 0 Å². The van der Waals surface area contributed by atoms with Crippen LogP contribution in [0.4, 0.5) is 0 Å². The normalized spacial score (nSPS) is 11.2. The van der Waals surface area contributed by atoms with Gasteiger partial charge in [-0.15, -0.1) is 0 Å². The third kappa shape index (κ3) is 3.03. The molecule has 4 heteroatoms. The highest BCUT2D eigenvalue weighted by Crippen LogP contribution is 2.28. The second kappa shape index (κ2) is 6.34. The molecule has 0 radical (unpaired) electrons. The fourth-order valence-corrected chi connectivity index (χ4v) is 3.15. The van der Waals surface area contributed by atoms with Gasteiger partial charge in [0, 0.05) is 18.3 Å². The molecule has 0 aliphatic rings. The first-order valence-electron chi connectivity index (χ1n) is 8.25. The summed E-state index contributed by atoms with van der Waals surface area (Å²) in [6, 6.07) is 18.6. The first-order chi connectivity index (χ1) is 12.1. The van der Waals surface area contributed by atoms with E-state index in [1.165, 1.54) is 16.7 Å². The van der Waals surface area contributed by atoms with Crippen molar-refractivity contribution in [2.45, 2.75) is 20.4 Å². The van der Waals surface area contributed by atoms with E-state index in [0.29, 0.717) is 5.15 Å². The summed E-state index contributed by atoms with van der Waals surface area (Å²) in [5.74, 6) is 0.910. The van der Waals surface area contributed by atoms with Crippen LogP contribution in [0.15, 0.2) is 60.8 Å².